The second-order valence-electron chi connectivity index (χ2n) is 7.84. The zero-order valence-corrected chi connectivity index (χ0v) is 18.3. The number of carbonyl (C=O) groups is 2. The summed E-state index contributed by atoms with van der Waals surface area (Å²) in [6, 6.07) is -1.17. The Bertz CT molecular complexity index is 625. The van der Waals surface area contributed by atoms with Gasteiger partial charge in [-0.25, -0.2) is 18.9 Å². The van der Waals surface area contributed by atoms with Crippen LogP contribution in [-0.2, 0) is 19.6 Å². The van der Waals surface area contributed by atoms with Crippen molar-refractivity contribution in [2.45, 2.75) is 66.8 Å². The normalized spacial score (nSPS) is 13.0. The molecular weight excluding hydrogens is 370 g/mol. The highest BCUT2D eigenvalue weighted by atomic mass is 32.2. The number of allylic oxidation sites excluding steroid dienone is 1. The van der Waals surface area contributed by atoms with Gasteiger partial charge in [0.15, 0.2) is 0 Å². The van der Waals surface area contributed by atoms with Gasteiger partial charge in [0.2, 0.25) is 15.9 Å². The van der Waals surface area contributed by atoms with Gasteiger partial charge in [-0.2, -0.15) is 0 Å². The first kappa shape index (κ1) is 25.6. The van der Waals surface area contributed by atoms with E-state index < -0.39 is 27.9 Å². The zero-order valence-electron chi connectivity index (χ0n) is 17.5. The molecule has 1 atom stereocenters. The summed E-state index contributed by atoms with van der Waals surface area (Å²) in [6.07, 6.45) is 3.49. The van der Waals surface area contributed by atoms with Crippen molar-refractivity contribution in [1.82, 2.24) is 14.9 Å². The van der Waals surface area contributed by atoms with E-state index in [1.54, 1.807) is 11.6 Å². The molecule has 0 aromatic heterocycles. The molecule has 0 aliphatic heterocycles. The maximum absolute atomic E-state index is 13.0. The molecule has 0 aliphatic carbocycles. The highest BCUT2D eigenvalue weighted by Gasteiger charge is 2.37. The Kier molecular flexibility index (Phi) is 10.8. The van der Waals surface area contributed by atoms with Crippen molar-refractivity contribution in [3.05, 3.63) is 11.6 Å². The highest BCUT2D eigenvalue weighted by molar-refractivity contribution is 7.88. The molecule has 27 heavy (non-hydrogen) atoms. The number of nitrogens with one attached hydrogen (secondary N) is 1. The van der Waals surface area contributed by atoms with Crippen LogP contribution in [-0.4, -0.2) is 53.7 Å². The monoisotopic (exact) mass is 405 g/mol. The number of rotatable bonds is 11. The zero-order chi connectivity index (χ0) is 21.4. The fraction of sp³-hybridized carbons (Fsp3) is 0.778. The van der Waals surface area contributed by atoms with Gasteiger partial charge < -0.3 is 0 Å². The summed E-state index contributed by atoms with van der Waals surface area (Å²) in [5.74, 6) is -1.12. The minimum Gasteiger partial charge on any atom is -0.289 e. The first-order chi connectivity index (χ1) is 12.3. The summed E-state index contributed by atoms with van der Waals surface area (Å²) in [4.78, 5) is 25.3. The molecule has 2 N–H and O–H groups in total. The number of carbonyl (C=O) groups excluding carboxylic acids is 2. The van der Waals surface area contributed by atoms with Crippen LogP contribution >= 0.6 is 0 Å². The lowest BCUT2D eigenvalue weighted by molar-refractivity contribution is -0.156. The predicted molar refractivity (Wildman–Crippen MR) is 105 cm³/mol. The Morgan fingerprint density at radius 3 is 2.04 bits per heavy atom. The standard InChI is InChI=1S/C18H35N3O5S/c1-13(2)8-10-16(18(23)19-24)21(17(22)11-9-14(3)4)20(12-15(5)6)27(7,25)26/h8,14-16,24H,9-12H2,1-7H3,(H,19,23)/t16-/m0/s1. The molecule has 0 aromatic carbocycles. The topological polar surface area (TPSA) is 107 Å². The fourth-order valence-corrected chi connectivity index (χ4v) is 3.51. The van der Waals surface area contributed by atoms with Crippen LogP contribution in [0.3, 0.4) is 0 Å². The van der Waals surface area contributed by atoms with Crippen LogP contribution in [0.15, 0.2) is 11.6 Å². The lowest BCUT2D eigenvalue weighted by atomic mass is 10.1. The molecule has 0 spiro atoms. The first-order valence-corrected chi connectivity index (χ1v) is 11.0. The van der Waals surface area contributed by atoms with Crippen molar-refractivity contribution in [3.8, 4) is 0 Å². The SMILES string of the molecule is CC(C)=CC[C@@H](C(=O)NO)N(C(=O)CCC(C)C)N(CC(C)C)S(C)(=O)=O. The molecule has 0 rings (SSSR count). The highest BCUT2D eigenvalue weighted by Crippen LogP contribution is 2.19. The number of amides is 2. The summed E-state index contributed by atoms with van der Waals surface area (Å²) in [5.41, 5.74) is 2.48. The van der Waals surface area contributed by atoms with E-state index in [9.17, 15) is 18.0 Å². The third kappa shape index (κ3) is 9.34. The number of hydroxylamine groups is 1. The van der Waals surface area contributed by atoms with Crippen LogP contribution in [0.25, 0.3) is 0 Å². The number of nitrogens with zero attached hydrogens (tertiary/aromatic N) is 2. The van der Waals surface area contributed by atoms with Crippen LogP contribution in [0, 0.1) is 11.8 Å². The van der Waals surface area contributed by atoms with E-state index in [1.165, 1.54) is 0 Å². The van der Waals surface area contributed by atoms with Gasteiger partial charge in [0.25, 0.3) is 5.91 Å². The minimum atomic E-state index is -3.81. The Labute approximate surface area is 163 Å². The van der Waals surface area contributed by atoms with E-state index >= 15 is 0 Å². The van der Waals surface area contributed by atoms with E-state index in [-0.39, 0.29) is 31.2 Å². The van der Waals surface area contributed by atoms with E-state index in [1.807, 2.05) is 41.5 Å². The smallest absolute Gasteiger partial charge is 0.268 e. The molecule has 0 heterocycles. The largest absolute Gasteiger partial charge is 0.289 e. The molecule has 0 bridgehead atoms. The number of hydrogen-bond acceptors (Lipinski definition) is 5. The molecule has 158 valence electrons. The van der Waals surface area contributed by atoms with Crippen molar-refractivity contribution >= 4 is 21.8 Å². The summed E-state index contributed by atoms with van der Waals surface area (Å²) >= 11 is 0. The molecule has 0 radical (unpaired) electrons. The fourth-order valence-electron chi connectivity index (χ4n) is 2.42. The Morgan fingerprint density at radius 1 is 1.11 bits per heavy atom. The van der Waals surface area contributed by atoms with Gasteiger partial charge in [-0.1, -0.05) is 39.3 Å². The van der Waals surface area contributed by atoms with Gasteiger partial charge in [-0.05, 0) is 38.5 Å². The van der Waals surface area contributed by atoms with E-state index in [4.69, 9.17) is 5.21 Å². The maximum Gasteiger partial charge on any atom is 0.268 e. The Morgan fingerprint density at radius 2 is 1.67 bits per heavy atom. The molecule has 0 saturated heterocycles. The lowest BCUT2D eigenvalue weighted by Gasteiger charge is -2.38. The molecule has 0 fully saturated rings. The predicted octanol–water partition coefficient (Wildman–Crippen LogP) is 2.31. The molecule has 0 saturated carbocycles. The summed E-state index contributed by atoms with van der Waals surface area (Å²) in [6.45, 7) is 11.3. The second kappa shape index (κ2) is 11.4. The molecule has 8 nitrogen and oxygen atoms in total. The second-order valence-corrected chi connectivity index (χ2v) is 9.73. The number of hydrazine groups is 1. The average molecular weight is 406 g/mol. The Hall–Kier alpha value is -1.45. The van der Waals surface area contributed by atoms with Gasteiger partial charge >= 0.3 is 0 Å². The van der Waals surface area contributed by atoms with E-state index in [2.05, 4.69) is 0 Å². The molecule has 0 aliphatic rings. The van der Waals surface area contributed by atoms with Gasteiger partial charge in [0, 0.05) is 13.0 Å². The third-order valence-corrected chi connectivity index (χ3v) is 4.88. The minimum absolute atomic E-state index is 0.0519. The maximum atomic E-state index is 13.0. The molecular formula is C18H35N3O5S. The Balaban J connectivity index is 6.19. The average Bonchev–Trinajstić information content (AvgIpc) is 2.52. The van der Waals surface area contributed by atoms with Crippen LogP contribution in [0.1, 0.15) is 60.8 Å². The van der Waals surface area contributed by atoms with Crippen molar-refractivity contribution in [2.24, 2.45) is 11.8 Å². The van der Waals surface area contributed by atoms with Crippen molar-refractivity contribution in [1.29, 1.82) is 0 Å². The van der Waals surface area contributed by atoms with Gasteiger partial charge in [-0.15, -0.1) is 4.41 Å². The van der Waals surface area contributed by atoms with Crippen molar-refractivity contribution in [3.63, 3.8) is 0 Å². The first-order valence-electron chi connectivity index (χ1n) is 9.18. The van der Waals surface area contributed by atoms with Crippen LogP contribution in [0.4, 0.5) is 0 Å². The number of sulfonamides is 1. The number of hydrogen-bond donors (Lipinski definition) is 2. The van der Waals surface area contributed by atoms with Gasteiger partial charge in [-0.3, -0.25) is 14.8 Å². The molecule has 0 aromatic rings. The summed E-state index contributed by atoms with van der Waals surface area (Å²) < 4.78 is 25.8. The van der Waals surface area contributed by atoms with E-state index in [0.717, 1.165) is 21.3 Å². The quantitative estimate of drug-likeness (QED) is 0.312. The van der Waals surface area contributed by atoms with Gasteiger partial charge in [0.05, 0.1) is 6.26 Å². The summed E-state index contributed by atoms with van der Waals surface area (Å²) in [5, 5.41) is 10.2. The third-order valence-electron chi connectivity index (χ3n) is 3.79. The van der Waals surface area contributed by atoms with Crippen molar-refractivity contribution in [2.75, 3.05) is 12.8 Å². The van der Waals surface area contributed by atoms with Crippen LogP contribution in [0.5, 0.6) is 0 Å². The van der Waals surface area contributed by atoms with Crippen LogP contribution in [0.2, 0.25) is 0 Å². The van der Waals surface area contributed by atoms with Crippen LogP contribution < -0.4 is 5.48 Å². The summed E-state index contributed by atoms with van der Waals surface area (Å²) in [7, 11) is -3.81. The molecule has 9 heteroatoms. The van der Waals surface area contributed by atoms with E-state index in [0.29, 0.717) is 6.42 Å². The van der Waals surface area contributed by atoms with Gasteiger partial charge in [0.1, 0.15) is 6.04 Å². The lowest BCUT2D eigenvalue weighted by Crippen LogP contribution is -2.59. The molecule has 2 amide bonds. The molecule has 0 unspecified atom stereocenters. The van der Waals surface area contributed by atoms with Crippen molar-refractivity contribution < 1.29 is 23.2 Å².